The van der Waals surface area contributed by atoms with Crippen LogP contribution in [0.4, 0.5) is 0 Å². The minimum Gasteiger partial charge on any atom is -0.461 e. The number of furan rings is 1. The normalized spacial score (nSPS) is 24.4. The van der Waals surface area contributed by atoms with Gasteiger partial charge in [-0.2, -0.15) is 0 Å². The Hall–Kier alpha value is -1.32. The second-order valence-electron chi connectivity index (χ2n) is 5.66. The maximum absolute atomic E-state index is 6.03. The van der Waals surface area contributed by atoms with Crippen molar-refractivity contribution < 1.29 is 9.15 Å². The first-order chi connectivity index (χ1) is 9.76. The fourth-order valence-electron chi connectivity index (χ4n) is 3.34. The summed E-state index contributed by atoms with van der Waals surface area (Å²) in [7, 11) is 2.01. The van der Waals surface area contributed by atoms with E-state index in [1.54, 1.807) is 0 Å². The van der Waals surface area contributed by atoms with E-state index in [0.717, 1.165) is 30.8 Å². The van der Waals surface area contributed by atoms with Gasteiger partial charge in [0.2, 0.25) is 0 Å². The number of hydrogen-bond acceptors (Lipinski definition) is 3. The summed E-state index contributed by atoms with van der Waals surface area (Å²) in [6.07, 6.45) is 2.27. The van der Waals surface area contributed by atoms with E-state index < -0.39 is 0 Å². The molecule has 1 aliphatic heterocycles. The van der Waals surface area contributed by atoms with Crippen LogP contribution in [0, 0.1) is 5.92 Å². The van der Waals surface area contributed by atoms with E-state index >= 15 is 0 Å². The predicted octanol–water partition coefficient (Wildman–Crippen LogP) is 3.68. The highest BCUT2D eigenvalue weighted by molar-refractivity contribution is 5.83. The molecule has 1 aliphatic rings. The highest BCUT2D eigenvalue weighted by Crippen LogP contribution is 2.38. The molecule has 1 saturated heterocycles. The Morgan fingerprint density at radius 1 is 1.35 bits per heavy atom. The van der Waals surface area contributed by atoms with Crippen LogP contribution >= 0.6 is 0 Å². The van der Waals surface area contributed by atoms with E-state index in [-0.39, 0.29) is 12.1 Å². The molecule has 20 heavy (non-hydrogen) atoms. The lowest BCUT2D eigenvalue weighted by atomic mass is 9.90. The second kappa shape index (κ2) is 5.58. The molecule has 3 heteroatoms. The Kier molecular flexibility index (Phi) is 3.81. The Morgan fingerprint density at radius 2 is 2.15 bits per heavy atom. The van der Waals surface area contributed by atoms with Gasteiger partial charge in [-0.1, -0.05) is 32.0 Å². The van der Waals surface area contributed by atoms with Crippen molar-refractivity contribution >= 4 is 11.0 Å². The van der Waals surface area contributed by atoms with Gasteiger partial charge in [0.1, 0.15) is 11.3 Å². The summed E-state index contributed by atoms with van der Waals surface area (Å²) in [5, 5.41) is 4.67. The van der Waals surface area contributed by atoms with Gasteiger partial charge in [0.15, 0.2) is 0 Å². The second-order valence-corrected chi connectivity index (χ2v) is 5.66. The summed E-state index contributed by atoms with van der Waals surface area (Å²) in [4.78, 5) is 0. The molecule has 1 aromatic carbocycles. The van der Waals surface area contributed by atoms with Gasteiger partial charge in [-0.25, -0.2) is 0 Å². The van der Waals surface area contributed by atoms with Crippen LogP contribution in [0.1, 0.15) is 37.6 Å². The van der Waals surface area contributed by atoms with Crippen molar-refractivity contribution in [3.63, 3.8) is 0 Å². The highest BCUT2D eigenvalue weighted by atomic mass is 16.5. The molecule has 3 unspecified atom stereocenters. The third-order valence-electron chi connectivity index (χ3n) is 4.43. The number of aryl methyl sites for hydroxylation is 1. The van der Waals surface area contributed by atoms with Crippen molar-refractivity contribution in [3.05, 3.63) is 35.6 Å². The zero-order chi connectivity index (χ0) is 14.1. The number of hydrogen-bond donors (Lipinski definition) is 1. The van der Waals surface area contributed by atoms with Gasteiger partial charge < -0.3 is 14.5 Å². The Balaban J connectivity index is 2.10. The molecule has 1 aromatic heterocycles. The summed E-state index contributed by atoms with van der Waals surface area (Å²) in [5.74, 6) is 1.65. The third-order valence-corrected chi connectivity index (χ3v) is 4.43. The average Bonchev–Trinajstić information content (AvgIpc) is 3.05. The molecule has 2 aromatic rings. The minimum absolute atomic E-state index is 0.200. The van der Waals surface area contributed by atoms with Crippen LogP contribution in [0.5, 0.6) is 0 Å². The van der Waals surface area contributed by atoms with Gasteiger partial charge in [-0.15, -0.1) is 0 Å². The van der Waals surface area contributed by atoms with Crippen molar-refractivity contribution in [2.24, 2.45) is 5.92 Å². The Labute approximate surface area is 120 Å². The van der Waals surface area contributed by atoms with Crippen LogP contribution in [0.15, 0.2) is 28.7 Å². The molecule has 0 bridgehead atoms. The highest BCUT2D eigenvalue weighted by Gasteiger charge is 2.35. The van der Waals surface area contributed by atoms with Crippen LogP contribution in [0.3, 0.4) is 0 Å². The quantitative estimate of drug-likeness (QED) is 0.922. The molecule has 3 nitrogen and oxygen atoms in total. The maximum Gasteiger partial charge on any atom is 0.134 e. The molecular formula is C17H23NO2. The summed E-state index contributed by atoms with van der Waals surface area (Å²) >= 11 is 0. The molecule has 0 radical (unpaired) electrons. The van der Waals surface area contributed by atoms with E-state index in [0.29, 0.717) is 5.92 Å². The van der Waals surface area contributed by atoms with Gasteiger partial charge in [-0.05, 0) is 25.5 Å². The lowest BCUT2D eigenvalue weighted by Gasteiger charge is -2.26. The molecular weight excluding hydrogens is 250 g/mol. The SMILES string of the molecule is CCc1oc2ccccc2c1C(NC)C1OCCC1C. The maximum atomic E-state index is 6.03. The molecule has 0 saturated carbocycles. The first-order valence-corrected chi connectivity index (χ1v) is 7.55. The summed E-state index contributed by atoms with van der Waals surface area (Å²) in [5.41, 5.74) is 2.26. The van der Waals surface area contributed by atoms with E-state index in [4.69, 9.17) is 9.15 Å². The standard InChI is InChI=1S/C17H23NO2/c1-4-13-15(12-7-5-6-8-14(12)20-13)16(18-3)17-11(2)9-10-19-17/h5-8,11,16-18H,4,9-10H2,1-3H3. The van der Waals surface area contributed by atoms with Crippen LogP contribution in [-0.2, 0) is 11.2 Å². The summed E-state index contributed by atoms with van der Waals surface area (Å²) < 4.78 is 12.0. The number of para-hydroxylation sites is 1. The van der Waals surface area contributed by atoms with Crippen LogP contribution in [-0.4, -0.2) is 19.8 Å². The van der Waals surface area contributed by atoms with Gasteiger partial charge in [-0.3, -0.25) is 0 Å². The van der Waals surface area contributed by atoms with E-state index in [1.165, 1.54) is 10.9 Å². The molecule has 0 spiro atoms. The Morgan fingerprint density at radius 3 is 2.80 bits per heavy atom. The Bertz CT molecular complexity index is 590. The van der Waals surface area contributed by atoms with Crippen molar-refractivity contribution in [1.82, 2.24) is 5.32 Å². The van der Waals surface area contributed by atoms with Crippen molar-refractivity contribution in [1.29, 1.82) is 0 Å². The predicted molar refractivity (Wildman–Crippen MR) is 80.9 cm³/mol. The van der Waals surface area contributed by atoms with E-state index in [9.17, 15) is 0 Å². The number of nitrogens with one attached hydrogen (secondary N) is 1. The first kappa shape index (κ1) is 13.7. The van der Waals surface area contributed by atoms with E-state index in [1.807, 2.05) is 19.2 Å². The van der Waals surface area contributed by atoms with Gasteiger partial charge in [0.05, 0.1) is 12.1 Å². The number of ether oxygens (including phenoxy) is 1. The van der Waals surface area contributed by atoms with Gasteiger partial charge in [0, 0.05) is 24.0 Å². The van der Waals surface area contributed by atoms with E-state index in [2.05, 4.69) is 31.3 Å². The fourth-order valence-corrected chi connectivity index (χ4v) is 3.34. The van der Waals surface area contributed by atoms with Crippen molar-refractivity contribution in [2.75, 3.05) is 13.7 Å². The first-order valence-electron chi connectivity index (χ1n) is 7.55. The lowest BCUT2D eigenvalue weighted by Crippen LogP contribution is -2.33. The van der Waals surface area contributed by atoms with Gasteiger partial charge in [0.25, 0.3) is 0 Å². The molecule has 3 atom stereocenters. The van der Waals surface area contributed by atoms with Crippen LogP contribution < -0.4 is 5.32 Å². The number of benzene rings is 1. The average molecular weight is 273 g/mol. The molecule has 0 aliphatic carbocycles. The molecule has 108 valence electrons. The molecule has 0 amide bonds. The number of rotatable bonds is 4. The number of fused-ring (bicyclic) bond motifs is 1. The molecule has 3 rings (SSSR count). The minimum atomic E-state index is 0.200. The van der Waals surface area contributed by atoms with Crippen molar-refractivity contribution in [3.8, 4) is 0 Å². The third kappa shape index (κ3) is 2.15. The summed E-state index contributed by atoms with van der Waals surface area (Å²) in [6, 6.07) is 8.50. The summed E-state index contributed by atoms with van der Waals surface area (Å²) in [6.45, 7) is 5.28. The number of likely N-dealkylation sites (N-methyl/N-ethyl adjacent to an activating group) is 1. The smallest absolute Gasteiger partial charge is 0.134 e. The molecule has 2 heterocycles. The zero-order valence-electron chi connectivity index (χ0n) is 12.5. The molecule has 1 N–H and O–H groups in total. The van der Waals surface area contributed by atoms with Crippen LogP contribution in [0.25, 0.3) is 11.0 Å². The lowest BCUT2D eigenvalue weighted by molar-refractivity contribution is 0.0629. The zero-order valence-corrected chi connectivity index (χ0v) is 12.5. The largest absolute Gasteiger partial charge is 0.461 e. The fraction of sp³-hybridized carbons (Fsp3) is 0.529. The monoisotopic (exact) mass is 273 g/mol. The topological polar surface area (TPSA) is 34.4 Å². The van der Waals surface area contributed by atoms with Crippen LogP contribution in [0.2, 0.25) is 0 Å². The van der Waals surface area contributed by atoms with Gasteiger partial charge >= 0.3 is 0 Å². The van der Waals surface area contributed by atoms with Crippen molar-refractivity contribution in [2.45, 2.75) is 38.8 Å². The molecule has 1 fully saturated rings.